The minimum Gasteiger partial charge on any atom is -0.493 e. The monoisotopic (exact) mass is 561 g/mol. The molecule has 3 N–H and O–H groups in total. The van der Waals surface area contributed by atoms with Crippen LogP contribution >= 0.6 is 0 Å². The molecule has 8 heteroatoms. The molecule has 2 aromatic rings. The highest BCUT2D eigenvalue weighted by atomic mass is 16.5. The van der Waals surface area contributed by atoms with Crippen LogP contribution in [0.15, 0.2) is 48.5 Å². The van der Waals surface area contributed by atoms with E-state index in [1.807, 2.05) is 48.5 Å². The molecule has 2 aliphatic carbocycles. The van der Waals surface area contributed by atoms with Gasteiger partial charge in [-0.2, -0.15) is 0 Å². The number of carbonyl (C=O) groups excluding carboxylic acids is 2. The van der Waals surface area contributed by atoms with E-state index < -0.39 is 5.54 Å². The zero-order valence-corrected chi connectivity index (χ0v) is 24.6. The second kappa shape index (κ2) is 14.1. The Labute approximate surface area is 245 Å². The fourth-order valence-electron chi connectivity index (χ4n) is 6.35. The predicted octanol–water partition coefficient (Wildman–Crippen LogP) is 4.67. The first-order valence-corrected chi connectivity index (χ1v) is 15.6. The van der Waals surface area contributed by atoms with Gasteiger partial charge in [0.2, 0.25) is 5.91 Å². The minimum absolute atomic E-state index is 0.0860. The van der Waals surface area contributed by atoms with Crippen LogP contribution in [0.2, 0.25) is 0 Å². The Kier molecular flexibility index (Phi) is 10.0. The third kappa shape index (κ3) is 7.94. The number of benzene rings is 2. The van der Waals surface area contributed by atoms with E-state index in [2.05, 4.69) is 32.8 Å². The lowest BCUT2D eigenvalue weighted by Gasteiger charge is -2.37. The summed E-state index contributed by atoms with van der Waals surface area (Å²) in [6, 6.07) is 15.8. The zero-order valence-electron chi connectivity index (χ0n) is 24.6. The second-order valence-corrected chi connectivity index (χ2v) is 12.1. The summed E-state index contributed by atoms with van der Waals surface area (Å²) < 4.78 is 5.96. The number of hydrogen-bond donors (Lipinski definition) is 3. The summed E-state index contributed by atoms with van der Waals surface area (Å²) in [5, 5.41) is 9.61. The number of nitrogens with one attached hydrogen (secondary N) is 3. The largest absolute Gasteiger partial charge is 0.493 e. The van der Waals surface area contributed by atoms with Gasteiger partial charge in [-0.25, -0.2) is 0 Å². The number of piperazine rings is 1. The lowest BCUT2D eigenvalue weighted by Crippen LogP contribution is -2.60. The number of likely N-dealkylation sites (N-methyl/N-ethyl adjacent to an activating group) is 1. The Hall–Kier alpha value is -3.26. The fourth-order valence-corrected chi connectivity index (χ4v) is 6.35. The Morgan fingerprint density at radius 2 is 1.54 bits per heavy atom. The molecule has 2 aromatic carbocycles. The summed E-state index contributed by atoms with van der Waals surface area (Å²) >= 11 is 0. The van der Waals surface area contributed by atoms with Crippen LogP contribution in [0.25, 0.3) is 0 Å². The molecular formula is C33H47N5O3. The first kappa shape index (κ1) is 29.2. The first-order valence-electron chi connectivity index (χ1n) is 15.6. The minimum atomic E-state index is -0.857. The van der Waals surface area contributed by atoms with Gasteiger partial charge in [-0.05, 0) is 87.2 Å². The van der Waals surface area contributed by atoms with E-state index >= 15 is 0 Å². The molecule has 41 heavy (non-hydrogen) atoms. The van der Waals surface area contributed by atoms with Crippen LogP contribution < -0.4 is 25.6 Å². The van der Waals surface area contributed by atoms with Gasteiger partial charge in [0.25, 0.3) is 5.91 Å². The van der Waals surface area contributed by atoms with E-state index in [4.69, 9.17) is 4.74 Å². The van der Waals surface area contributed by atoms with Gasteiger partial charge in [0.05, 0.1) is 6.61 Å². The zero-order chi connectivity index (χ0) is 28.5. The quantitative estimate of drug-likeness (QED) is 0.346. The van der Waals surface area contributed by atoms with Crippen molar-refractivity contribution in [1.82, 2.24) is 15.5 Å². The molecule has 0 spiro atoms. The Balaban J connectivity index is 1.09. The smallest absolute Gasteiger partial charge is 0.252 e. The van der Waals surface area contributed by atoms with Crippen molar-refractivity contribution in [2.75, 3.05) is 63.1 Å². The SMILES string of the molecule is CN1CCN(c2ccc(C(=O)NC3(C(=O)NCCNc4ccc(OCC5CCCC5)cc4)CCCCC3)cc2)CC1. The summed E-state index contributed by atoms with van der Waals surface area (Å²) in [5.41, 5.74) is 1.87. The predicted molar refractivity (Wildman–Crippen MR) is 165 cm³/mol. The molecule has 1 heterocycles. The maximum atomic E-state index is 13.4. The van der Waals surface area contributed by atoms with E-state index in [1.54, 1.807) is 0 Å². The van der Waals surface area contributed by atoms with E-state index in [9.17, 15) is 9.59 Å². The first-order chi connectivity index (χ1) is 20.0. The molecule has 222 valence electrons. The Bertz CT molecular complexity index is 1120. The number of nitrogens with zero attached hydrogens (tertiary/aromatic N) is 2. The Morgan fingerprint density at radius 3 is 2.22 bits per heavy atom. The summed E-state index contributed by atoms with van der Waals surface area (Å²) in [6.07, 6.45) is 9.50. The highest BCUT2D eigenvalue weighted by Gasteiger charge is 2.40. The van der Waals surface area contributed by atoms with E-state index in [-0.39, 0.29) is 11.8 Å². The summed E-state index contributed by atoms with van der Waals surface area (Å²) in [6.45, 7) is 5.94. The average molecular weight is 562 g/mol. The van der Waals surface area contributed by atoms with Crippen LogP contribution in [-0.4, -0.2) is 75.2 Å². The van der Waals surface area contributed by atoms with Crippen molar-refractivity contribution in [3.05, 3.63) is 54.1 Å². The Morgan fingerprint density at radius 1 is 0.854 bits per heavy atom. The van der Waals surface area contributed by atoms with Crippen molar-refractivity contribution in [1.29, 1.82) is 0 Å². The molecule has 1 saturated heterocycles. The van der Waals surface area contributed by atoms with Crippen LogP contribution in [0.5, 0.6) is 5.75 Å². The van der Waals surface area contributed by atoms with Crippen LogP contribution in [0.1, 0.15) is 68.1 Å². The van der Waals surface area contributed by atoms with Crippen molar-refractivity contribution in [2.24, 2.45) is 5.92 Å². The molecule has 2 saturated carbocycles. The molecule has 5 rings (SSSR count). The third-order valence-corrected chi connectivity index (χ3v) is 9.05. The normalized spacial score (nSPS) is 19.5. The molecule has 0 aromatic heterocycles. The van der Waals surface area contributed by atoms with Crippen molar-refractivity contribution in [2.45, 2.75) is 63.3 Å². The van der Waals surface area contributed by atoms with Crippen molar-refractivity contribution in [3.8, 4) is 5.75 Å². The van der Waals surface area contributed by atoms with Gasteiger partial charge in [0.1, 0.15) is 11.3 Å². The van der Waals surface area contributed by atoms with E-state index in [0.717, 1.165) is 69.2 Å². The summed E-state index contributed by atoms with van der Waals surface area (Å²) in [5.74, 6) is 1.33. The van der Waals surface area contributed by atoms with E-state index in [0.29, 0.717) is 37.4 Å². The van der Waals surface area contributed by atoms with Gasteiger partial charge in [-0.1, -0.05) is 32.1 Å². The molecule has 3 aliphatic rings. The molecule has 0 unspecified atom stereocenters. The molecular weight excluding hydrogens is 514 g/mol. The van der Waals surface area contributed by atoms with Gasteiger partial charge in [0.15, 0.2) is 0 Å². The van der Waals surface area contributed by atoms with Gasteiger partial charge in [0, 0.05) is 56.2 Å². The highest BCUT2D eigenvalue weighted by molar-refractivity contribution is 5.99. The number of hydrogen-bond acceptors (Lipinski definition) is 6. The number of carbonyl (C=O) groups is 2. The lowest BCUT2D eigenvalue weighted by molar-refractivity contribution is -0.128. The van der Waals surface area contributed by atoms with Crippen LogP contribution in [0.3, 0.4) is 0 Å². The number of amides is 2. The van der Waals surface area contributed by atoms with Crippen LogP contribution in [0, 0.1) is 5.92 Å². The molecule has 8 nitrogen and oxygen atoms in total. The summed E-state index contributed by atoms with van der Waals surface area (Å²) in [4.78, 5) is 31.4. The van der Waals surface area contributed by atoms with E-state index in [1.165, 1.54) is 25.7 Å². The van der Waals surface area contributed by atoms with Gasteiger partial charge in [-0.15, -0.1) is 0 Å². The van der Waals surface area contributed by atoms with Gasteiger partial charge >= 0.3 is 0 Å². The van der Waals surface area contributed by atoms with Gasteiger partial charge in [-0.3, -0.25) is 9.59 Å². The average Bonchev–Trinajstić information content (AvgIpc) is 3.53. The maximum Gasteiger partial charge on any atom is 0.252 e. The summed E-state index contributed by atoms with van der Waals surface area (Å²) in [7, 11) is 2.14. The third-order valence-electron chi connectivity index (χ3n) is 9.05. The standard InChI is InChI=1S/C33H47N5O3/c1-37-21-23-38(24-22-37)29-13-9-27(10-14-29)31(39)36-33(17-5-2-6-18-33)32(40)35-20-19-34-28-11-15-30(16-12-28)41-25-26-7-3-4-8-26/h9-16,26,34H,2-8,17-25H2,1H3,(H,35,40)(H,36,39). The fraction of sp³-hybridized carbons (Fsp3) is 0.576. The molecule has 3 fully saturated rings. The van der Waals surface area contributed by atoms with Crippen molar-refractivity contribution < 1.29 is 14.3 Å². The number of ether oxygens (including phenoxy) is 1. The molecule has 1 aliphatic heterocycles. The highest BCUT2D eigenvalue weighted by Crippen LogP contribution is 2.29. The second-order valence-electron chi connectivity index (χ2n) is 12.1. The van der Waals surface area contributed by atoms with Crippen LogP contribution in [-0.2, 0) is 4.79 Å². The van der Waals surface area contributed by atoms with Crippen molar-refractivity contribution in [3.63, 3.8) is 0 Å². The maximum absolute atomic E-state index is 13.4. The van der Waals surface area contributed by atoms with Crippen molar-refractivity contribution >= 4 is 23.2 Å². The molecule has 0 bridgehead atoms. The molecule has 0 atom stereocenters. The number of anilines is 2. The van der Waals surface area contributed by atoms with Gasteiger partial charge < -0.3 is 30.5 Å². The molecule has 2 amide bonds. The topological polar surface area (TPSA) is 85.9 Å². The van der Waals surface area contributed by atoms with Crippen LogP contribution in [0.4, 0.5) is 11.4 Å². The molecule has 0 radical (unpaired) electrons. The number of rotatable bonds is 11. The lowest BCUT2D eigenvalue weighted by atomic mass is 9.80.